The molecular weight excluding hydrogens is 212 g/mol. The van der Waals surface area contributed by atoms with Crippen molar-refractivity contribution >= 4 is 11.6 Å². The standard InChI is InChI=1S/C14H22N2O/c1-10(2)11(3)16-14(17)8-7-12-5-4-6-13(15)9-12/h4-6,9-11H,7-8,15H2,1-3H3,(H,16,17). The van der Waals surface area contributed by atoms with E-state index >= 15 is 0 Å². The van der Waals surface area contributed by atoms with Gasteiger partial charge >= 0.3 is 0 Å². The van der Waals surface area contributed by atoms with Crippen molar-refractivity contribution in [2.75, 3.05) is 5.73 Å². The fourth-order valence-electron chi connectivity index (χ4n) is 1.50. The van der Waals surface area contributed by atoms with Gasteiger partial charge in [0.05, 0.1) is 0 Å². The van der Waals surface area contributed by atoms with Crippen LogP contribution in [0.1, 0.15) is 32.8 Å². The van der Waals surface area contributed by atoms with Gasteiger partial charge in [-0.15, -0.1) is 0 Å². The minimum atomic E-state index is 0.105. The molecule has 0 aliphatic rings. The number of anilines is 1. The van der Waals surface area contributed by atoms with Gasteiger partial charge in [0.1, 0.15) is 0 Å². The highest BCUT2D eigenvalue weighted by molar-refractivity contribution is 5.76. The molecule has 0 radical (unpaired) electrons. The van der Waals surface area contributed by atoms with E-state index in [1.807, 2.05) is 31.2 Å². The zero-order valence-electron chi connectivity index (χ0n) is 10.9. The Hall–Kier alpha value is -1.51. The maximum atomic E-state index is 11.7. The van der Waals surface area contributed by atoms with Crippen molar-refractivity contribution in [2.24, 2.45) is 5.92 Å². The lowest BCUT2D eigenvalue weighted by Crippen LogP contribution is -2.36. The number of carbonyl (C=O) groups excluding carboxylic acids is 1. The van der Waals surface area contributed by atoms with Crippen LogP contribution in [0.5, 0.6) is 0 Å². The van der Waals surface area contributed by atoms with E-state index in [0.29, 0.717) is 12.3 Å². The summed E-state index contributed by atoms with van der Waals surface area (Å²) in [7, 11) is 0. The molecule has 94 valence electrons. The minimum Gasteiger partial charge on any atom is -0.399 e. The summed E-state index contributed by atoms with van der Waals surface area (Å²) in [4.78, 5) is 11.7. The molecule has 3 nitrogen and oxygen atoms in total. The summed E-state index contributed by atoms with van der Waals surface area (Å²) in [6.07, 6.45) is 1.25. The number of amides is 1. The number of carbonyl (C=O) groups is 1. The third-order valence-corrected chi connectivity index (χ3v) is 2.98. The van der Waals surface area contributed by atoms with Crippen LogP contribution >= 0.6 is 0 Å². The first-order valence-corrected chi connectivity index (χ1v) is 6.13. The molecule has 1 unspecified atom stereocenters. The molecule has 0 saturated heterocycles. The van der Waals surface area contributed by atoms with Crippen LogP contribution in [0.3, 0.4) is 0 Å². The van der Waals surface area contributed by atoms with E-state index in [0.717, 1.165) is 17.7 Å². The fraction of sp³-hybridized carbons (Fsp3) is 0.500. The molecule has 0 aliphatic carbocycles. The van der Waals surface area contributed by atoms with E-state index < -0.39 is 0 Å². The van der Waals surface area contributed by atoms with Crippen LogP contribution in [0, 0.1) is 5.92 Å². The van der Waals surface area contributed by atoms with Crippen molar-refractivity contribution in [3.63, 3.8) is 0 Å². The third-order valence-electron chi connectivity index (χ3n) is 2.98. The van der Waals surface area contributed by atoms with Gasteiger partial charge in [-0.2, -0.15) is 0 Å². The van der Waals surface area contributed by atoms with Gasteiger partial charge in [-0.1, -0.05) is 26.0 Å². The Bertz CT molecular complexity index is 374. The predicted molar refractivity (Wildman–Crippen MR) is 71.6 cm³/mol. The zero-order chi connectivity index (χ0) is 12.8. The molecule has 0 bridgehead atoms. The van der Waals surface area contributed by atoms with E-state index in [1.54, 1.807) is 0 Å². The summed E-state index contributed by atoms with van der Waals surface area (Å²) in [6, 6.07) is 7.90. The first-order chi connectivity index (χ1) is 7.99. The summed E-state index contributed by atoms with van der Waals surface area (Å²) in [5, 5.41) is 2.99. The van der Waals surface area contributed by atoms with Crippen molar-refractivity contribution in [3.8, 4) is 0 Å². The zero-order valence-corrected chi connectivity index (χ0v) is 10.9. The summed E-state index contributed by atoms with van der Waals surface area (Å²) in [5.41, 5.74) is 7.54. The average Bonchev–Trinajstić information content (AvgIpc) is 2.26. The van der Waals surface area contributed by atoms with Crippen LogP contribution in [0.2, 0.25) is 0 Å². The number of hydrogen-bond donors (Lipinski definition) is 2. The SMILES string of the molecule is CC(C)C(C)NC(=O)CCc1cccc(N)c1. The van der Waals surface area contributed by atoms with Crippen LogP contribution in [0.25, 0.3) is 0 Å². The molecule has 0 saturated carbocycles. The topological polar surface area (TPSA) is 55.1 Å². The molecule has 0 aromatic heterocycles. The second kappa shape index (κ2) is 6.28. The van der Waals surface area contributed by atoms with Gasteiger partial charge in [0.15, 0.2) is 0 Å². The van der Waals surface area contributed by atoms with Gasteiger partial charge in [0, 0.05) is 18.2 Å². The predicted octanol–water partition coefficient (Wildman–Crippen LogP) is 2.36. The minimum absolute atomic E-state index is 0.105. The number of rotatable bonds is 5. The number of nitrogen functional groups attached to an aromatic ring is 1. The molecule has 1 rings (SSSR count). The Kier molecular flexibility index (Phi) is 5.01. The lowest BCUT2D eigenvalue weighted by atomic mass is 10.1. The van der Waals surface area contributed by atoms with Crippen LogP contribution in [-0.4, -0.2) is 11.9 Å². The van der Waals surface area contributed by atoms with Gasteiger partial charge in [-0.25, -0.2) is 0 Å². The van der Waals surface area contributed by atoms with Crippen LogP contribution < -0.4 is 11.1 Å². The van der Waals surface area contributed by atoms with Crippen molar-refractivity contribution in [3.05, 3.63) is 29.8 Å². The lowest BCUT2D eigenvalue weighted by Gasteiger charge is -2.17. The summed E-state index contributed by atoms with van der Waals surface area (Å²) in [6.45, 7) is 6.23. The number of benzene rings is 1. The van der Waals surface area contributed by atoms with Gasteiger partial charge in [-0.3, -0.25) is 4.79 Å². The van der Waals surface area contributed by atoms with Gasteiger partial charge in [0.25, 0.3) is 0 Å². The average molecular weight is 234 g/mol. The van der Waals surface area contributed by atoms with E-state index in [9.17, 15) is 4.79 Å². The molecule has 3 heteroatoms. The summed E-state index contributed by atoms with van der Waals surface area (Å²) in [5.74, 6) is 0.569. The molecule has 1 amide bonds. The molecule has 1 aromatic carbocycles. The van der Waals surface area contributed by atoms with E-state index in [1.165, 1.54) is 0 Å². The van der Waals surface area contributed by atoms with Crippen molar-refractivity contribution in [1.29, 1.82) is 0 Å². The number of hydrogen-bond acceptors (Lipinski definition) is 2. The van der Waals surface area contributed by atoms with Crippen molar-refractivity contribution < 1.29 is 4.79 Å². The van der Waals surface area contributed by atoms with Crippen molar-refractivity contribution in [1.82, 2.24) is 5.32 Å². The number of aryl methyl sites for hydroxylation is 1. The Labute approximate surface area is 103 Å². The quantitative estimate of drug-likeness (QED) is 0.768. The smallest absolute Gasteiger partial charge is 0.220 e. The van der Waals surface area contributed by atoms with Gasteiger partial charge in [-0.05, 0) is 37.0 Å². The van der Waals surface area contributed by atoms with Crippen LogP contribution in [0.4, 0.5) is 5.69 Å². The molecule has 3 N–H and O–H groups in total. The van der Waals surface area contributed by atoms with Gasteiger partial charge in [0.2, 0.25) is 5.91 Å². The summed E-state index contributed by atoms with van der Waals surface area (Å²) >= 11 is 0. The Morgan fingerprint density at radius 2 is 2.06 bits per heavy atom. The molecule has 17 heavy (non-hydrogen) atoms. The molecule has 0 heterocycles. The number of nitrogens with one attached hydrogen (secondary N) is 1. The highest BCUT2D eigenvalue weighted by Crippen LogP contribution is 2.09. The van der Waals surface area contributed by atoms with Gasteiger partial charge < -0.3 is 11.1 Å². The monoisotopic (exact) mass is 234 g/mol. The Morgan fingerprint density at radius 1 is 1.35 bits per heavy atom. The normalized spacial score (nSPS) is 12.5. The summed E-state index contributed by atoms with van der Waals surface area (Å²) < 4.78 is 0. The van der Waals surface area contributed by atoms with E-state index in [-0.39, 0.29) is 11.9 Å². The molecule has 0 fully saturated rings. The third kappa shape index (κ3) is 4.89. The molecular formula is C14H22N2O. The van der Waals surface area contributed by atoms with E-state index in [4.69, 9.17) is 5.73 Å². The van der Waals surface area contributed by atoms with Crippen molar-refractivity contribution in [2.45, 2.75) is 39.7 Å². The molecule has 0 aliphatic heterocycles. The maximum absolute atomic E-state index is 11.7. The second-order valence-corrected chi connectivity index (χ2v) is 4.85. The lowest BCUT2D eigenvalue weighted by molar-refractivity contribution is -0.121. The Morgan fingerprint density at radius 3 is 2.65 bits per heavy atom. The van der Waals surface area contributed by atoms with E-state index in [2.05, 4.69) is 19.2 Å². The molecule has 0 spiro atoms. The molecule has 1 atom stereocenters. The highest BCUT2D eigenvalue weighted by Gasteiger charge is 2.10. The second-order valence-electron chi connectivity index (χ2n) is 4.85. The first-order valence-electron chi connectivity index (χ1n) is 6.13. The van der Waals surface area contributed by atoms with Crippen LogP contribution in [-0.2, 0) is 11.2 Å². The largest absolute Gasteiger partial charge is 0.399 e. The molecule has 1 aromatic rings. The maximum Gasteiger partial charge on any atom is 0.220 e. The van der Waals surface area contributed by atoms with Crippen LogP contribution in [0.15, 0.2) is 24.3 Å². The fourth-order valence-corrected chi connectivity index (χ4v) is 1.50. The highest BCUT2D eigenvalue weighted by atomic mass is 16.1. The number of nitrogens with two attached hydrogens (primary N) is 1. The first kappa shape index (κ1) is 13.6. The Balaban J connectivity index is 2.38.